The Balaban J connectivity index is 1.86. The largest absolute Gasteiger partial charge is 0.494 e. The molecule has 0 aliphatic heterocycles. The number of amides is 1. The number of hydrogen-bond acceptors (Lipinski definition) is 6. The second-order valence-corrected chi connectivity index (χ2v) is 9.39. The van der Waals surface area contributed by atoms with Gasteiger partial charge >= 0.3 is 0 Å². The summed E-state index contributed by atoms with van der Waals surface area (Å²) in [6.45, 7) is 8.65. The smallest absolute Gasteiger partial charge is 0.269 e. The first kappa shape index (κ1) is 26.5. The number of nitro benzene ring substituents is 1. The zero-order valence-corrected chi connectivity index (χ0v) is 21.8. The van der Waals surface area contributed by atoms with Gasteiger partial charge in [0.25, 0.3) is 17.2 Å². The predicted octanol–water partition coefficient (Wildman–Crippen LogP) is 5.55. The van der Waals surface area contributed by atoms with E-state index in [-0.39, 0.29) is 23.1 Å². The molecule has 9 nitrogen and oxygen atoms in total. The minimum Gasteiger partial charge on any atom is -0.494 e. The van der Waals surface area contributed by atoms with Crippen LogP contribution in [0.25, 0.3) is 16.6 Å². The summed E-state index contributed by atoms with van der Waals surface area (Å²) in [5, 5.41) is 11.6. The minimum absolute atomic E-state index is 0.0921. The van der Waals surface area contributed by atoms with Crippen LogP contribution in [0, 0.1) is 16.0 Å². The number of hydrogen-bond donors (Lipinski definition) is 0. The Labute approximate surface area is 220 Å². The minimum atomic E-state index is -0.594. The van der Waals surface area contributed by atoms with Crippen LogP contribution < -0.4 is 10.3 Å². The molecule has 196 valence electrons. The average molecular weight is 515 g/mol. The molecule has 4 rings (SSSR count). The summed E-state index contributed by atoms with van der Waals surface area (Å²) in [7, 11) is 0. The number of nitro groups is 1. The molecule has 1 aromatic heterocycles. The van der Waals surface area contributed by atoms with Crippen molar-refractivity contribution >= 4 is 22.5 Å². The molecular formula is C29H30N4O5. The first-order valence-corrected chi connectivity index (χ1v) is 12.5. The third kappa shape index (κ3) is 5.41. The number of benzene rings is 3. The van der Waals surface area contributed by atoms with Crippen molar-refractivity contribution in [2.24, 2.45) is 5.92 Å². The molecule has 0 spiro atoms. The van der Waals surface area contributed by atoms with Crippen LogP contribution in [0.5, 0.6) is 5.75 Å². The molecule has 0 aliphatic carbocycles. The van der Waals surface area contributed by atoms with Gasteiger partial charge in [-0.15, -0.1) is 0 Å². The first-order valence-electron chi connectivity index (χ1n) is 12.5. The molecule has 4 aromatic rings. The van der Waals surface area contributed by atoms with E-state index in [1.807, 2.05) is 33.8 Å². The number of carbonyl (C=O) groups excluding carboxylic acids is 1. The Morgan fingerprint density at radius 3 is 2.29 bits per heavy atom. The zero-order chi connectivity index (χ0) is 27.4. The highest BCUT2D eigenvalue weighted by Gasteiger charge is 2.28. The number of carbonyl (C=O) groups is 1. The van der Waals surface area contributed by atoms with E-state index in [2.05, 4.69) is 0 Å². The van der Waals surface area contributed by atoms with Gasteiger partial charge < -0.3 is 9.64 Å². The Bertz CT molecular complexity index is 1510. The van der Waals surface area contributed by atoms with Crippen molar-refractivity contribution in [3.63, 3.8) is 0 Å². The van der Waals surface area contributed by atoms with Gasteiger partial charge in [0.2, 0.25) is 0 Å². The number of para-hydroxylation sites is 1. The maximum Gasteiger partial charge on any atom is 0.269 e. The zero-order valence-electron chi connectivity index (χ0n) is 21.8. The molecule has 3 aromatic carbocycles. The lowest BCUT2D eigenvalue weighted by molar-refractivity contribution is -0.384. The summed E-state index contributed by atoms with van der Waals surface area (Å²) in [4.78, 5) is 44.6. The van der Waals surface area contributed by atoms with Crippen molar-refractivity contribution in [2.75, 3.05) is 13.2 Å². The third-order valence-corrected chi connectivity index (χ3v) is 6.20. The average Bonchev–Trinajstić information content (AvgIpc) is 2.91. The summed E-state index contributed by atoms with van der Waals surface area (Å²) in [6.07, 6.45) is 0. The Kier molecular flexibility index (Phi) is 7.85. The van der Waals surface area contributed by atoms with E-state index >= 15 is 0 Å². The second-order valence-electron chi connectivity index (χ2n) is 9.39. The van der Waals surface area contributed by atoms with Crippen LogP contribution in [0.15, 0.2) is 77.6 Å². The lowest BCUT2D eigenvalue weighted by atomic mass is 10.1. The van der Waals surface area contributed by atoms with Gasteiger partial charge in [0.15, 0.2) is 0 Å². The number of fused-ring (bicyclic) bond motifs is 1. The normalized spacial score (nSPS) is 11.9. The quantitative estimate of drug-likeness (QED) is 0.214. The van der Waals surface area contributed by atoms with Crippen LogP contribution in [0.2, 0.25) is 0 Å². The predicted molar refractivity (Wildman–Crippen MR) is 146 cm³/mol. The van der Waals surface area contributed by atoms with Crippen LogP contribution in [-0.4, -0.2) is 38.4 Å². The van der Waals surface area contributed by atoms with E-state index in [0.29, 0.717) is 46.9 Å². The van der Waals surface area contributed by atoms with Gasteiger partial charge in [0, 0.05) is 24.2 Å². The Morgan fingerprint density at radius 2 is 1.68 bits per heavy atom. The van der Waals surface area contributed by atoms with Crippen LogP contribution >= 0.6 is 0 Å². The number of ether oxygens (including phenoxy) is 1. The molecule has 0 saturated heterocycles. The van der Waals surface area contributed by atoms with Crippen LogP contribution in [0.3, 0.4) is 0 Å². The molecule has 1 heterocycles. The highest BCUT2D eigenvalue weighted by atomic mass is 16.6. The van der Waals surface area contributed by atoms with Gasteiger partial charge in [0.05, 0.1) is 34.2 Å². The summed E-state index contributed by atoms with van der Waals surface area (Å²) in [6, 6.07) is 19.2. The van der Waals surface area contributed by atoms with Crippen molar-refractivity contribution in [3.05, 3.63) is 105 Å². The first-order chi connectivity index (χ1) is 18.2. The van der Waals surface area contributed by atoms with Crippen LogP contribution in [0.4, 0.5) is 5.69 Å². The maximum absolute atomic E-state index is 13.8. The van der Waals surface area contributed by atoms with Gasteiger partial charge in [0.1, 0.15) is 11.6 Å². The van der Waals surface area contributed by atoms with Gasteiger partial charge in [-0.3, -0.25) is 24.3 Å². The van der Waals surface area contributed by atoms with Crippen molar-refractivity contribution in [2.45, 2.75) is 33.7 Å². The van der Waals surface area contributed by atoms with Gasteiger partial charge in [-0.25, -0.2) is 4.98 Å². The van der Waals surface area contributed by atoms with E-state index < -0.39 is 11.0 Å². The van der Waals surface area contributed by atoms with Crippen LogP contribution in [-0.2, 0) is 0 Å². The molecule has 0 N–H and O–H groups in total. The van der Waals surface area contributed by atoms with E-state index in [1.165, 1.54) is 24.3 Å². The number of non-ortho nitro benzene ring substituents is 1. The molecule has 0 radical (unpaired) electrons. The second kappa shape index (κ2) is 11.2. The molecule has 38 heavy (non-hydrogen) atoms. The Hall–Kier alpha value is -4.53. The van der Waals surface area contributed by atoms with Crippen molar-refractivity contribution in [1.82, 2.24) is 14.5 Å². The molecule has 0 bridgehead atoms. The highest BCUT2D eigenvalue weighted by molar-refractivity contribution is 5.94. The summed E-state index contributed by atoms with van der Waals surface area (Å²) < 4.78 is 7.10. The lowest BCUT2D eigenvalue weighted by Crippen LogP contribution is -2.39. The van der Waals surface area contributed by atoms with Gasteiger partial charge in [-0.2, -0.15) is 0 Å². The van der Waals surface area contributed by atoms with Crippen molar-refractivity contribution < 1.29 is 14.5 Å². The fourth-order valence-electron chi connectivity index (χ4n) is 4.38. The molecule has 0 aliphatic rings. The number of nitrogens with zero attached hydrogens (tertiary/aromatic N) is 4. The summed E-state index contributed by atoms with van der Waals surface area (Å²) in [5.41, 5.74) is 1.12. The van der Waals surface area contributed by atoms with E-state index in [1.54, 1.807) is 51.9 Å². The number of aromatic nitrogens is 2. The topological polar surface area (TPSA) is 108 Å². The Morgan fingerprint density at radius 1 is 1.03 bits per heavy atom. The fraction of sp³-hybridized carbons (Fsp3) is 0.276. The number of rotatable bonds is 9. The molecule has 1 atom stereocenters. The maximum atomic E-state index is 13.8. The molecular weight excluding hydrogens is 484 g/mol. The van der Waals surface area contributed by atoms with E-state index in [0.717, 1.165) is 0 Å². The lowest BCUT2D eigenvalue weighted by Gasteiger charge is -2.32. The van der Waals surface area contributed by atoms with Gasteiger partial charge in [-0.05, 0) is 68.3 Å². The van der Waals surface area contributed by atoms with E-state index in [4.69, 9.17) is 9.72 Å². The highest BCUT2D eigenvalue weighted by Crippen LogP contribution is 2.27. The monoisotopic (exact) mass is 514 g/mol. The third-order valence-electron chi connectivity index (χ3n) is 6.20. The van der Waals surface area contributed by atoms with Crippen molar-refractivity contribution in [1.29, 1.82) is 0 Å². The summed E-state index contributed by atoms with van der Waals surface area (Å²) >= 11 is 0. The van der Waals surface area contributed by atoms with Crippen molar-refractivity contribution in [3.8, 4) is 11.4 Å². The standard InChI is InChI=1S/C29H30N4O5/c1-5-38-24-16-14-22(15-17-24)32-27(30-26-9-7-6-8-25(26)29(32)35)20(4)31(18-19(2)3)28(34)21-10-12-23(13-11-21)33(36)37/h6-17,19-20H,5,18H2,1-4H3. The van der Waals surface area contributed by atoms with Crippen LogP contribution in [0.1, 0.15) is 49.9 Å². The summed E-state index contributed by atoms with van der Waals surface area (Å²) in [5.74, 6) is 0.906. The molecule has 9 heteroatoms. The molecule has 1 unspecified atom stereocenters. The molecule has 0 saturated carbocycles. The molecule has 0 fully saturated rings. The van der Waals surface area contributed by atoms with E-state index in [9.17, 15) is 19.7 Å². The van der Waals surface area contributed by atoms with Gasteiger partial charge in [-0.1, -0.05) is 26.0 Å². The fourth-order valence-corrected chi connectivity index (χ4v) is 4.38. The SMILES string of the molecule is CCOc1ccc(-n2c(C(C)N(CC(C)C)C(=O)c3ccc([N+](=O)[O-])cc3)nc3ccccc3c2=O)cc1. The molecule has 1 amide bonds.